The summed E-state index contributed by atoms with van der Waals surface area (Å²) in [5.74, 6) is 1.95. The number of carbonyl (C=O) groups excluding carboxylic acids is 1. The van der Waals surface area contributed by atoms with E-state index in [1.54, 1.807) is 19.3 Å². The van der Waals surface area contributed by atoms with Gasteiger partial charge in [0.15, 0.2) is 0 Å². The predicted octanol–water partition coefficient (Wildman–Crippen LogP) is 3.13. The molecule has 1 aliphatic rings. The molecule has 0 aromatic carbocycles. The van der Waals surface area contributed by atoms with Gasteiger partial charge in [-0.2, -0.15) is 0 Å². The van der Waals surface area contributed by atoms with Crippen LogP contribution in [0.2, 0.25) is 0 Å². The average molecular weight is 378 g/mol. The highest BCUT2D eigenvalue weighted by molar-refractivity contribution is 5.94. The Kier molecular flexibility index (Phi) is 4.62. The number of carbonyl (C=O) groups is 1. The van der Waals surface area contributed by atoms with Crippen LogP contribution in [0.4, 0.5) is 0 Å². The first-order valence-corrected chi connectivity index (χ1v) is 9.32. The van der Waals surface area contributed by atoms with Crippen LogP contribution in [0.25, 0.3) is 11.3 Å². The zero-order valence-electron chi connectivity index (χ0n) is 16.4. The topological polar surface area (TPSA) is 97.9 Å². The predicted molar refractivity (Wildman–Crippen MR) is 102 cm³/mol. The fourth-order valence-electron chi connectivity index (χ4n) is 3.72. The highest BCUT2D eigenvalue weighted by atomic mass is 16.5. The minimum Gasteiger partial charge on any atom is -0.361 e. The summed E-state index contributed by atoms with van der Waals surface area (Å²) >= 11 is 0. The van der Waals surface area contributed by atoms with Gasteiger partial charge >= 0.3 is 0 Å². The van der Waals surface area contributed by atoms with Crippen LogP contribution in [0.5, 0.6) is 0 Å². The van der Waals surface area contributed by atoms with Gasteiger partial charge in [0, 0.05) is 18.9 Å². The zero-order chi connectivity index (χ0) is 19.8. The summed E-state index contributed by atoms with van der Waals surface area (Å²) in [6.07, 6.45) is 4.95. The van der Waals surface area contributed by atoms with Gasteiger partial charge in [0.1, 0.15) is 17.4 Å². The SMILES string of the molecule is Cc1ncc(C(=O)N2CCC[C@H]2c2cc(-c3c(C)noc3C)nc(C)n2)cn1. The van der Waals surface area contributed by atoms with Crippen LogP contribution in [-0.2, 0) is 0 Å². The van der Waals surface area contributed by atoms with Gasteiger partial charge in [-0.05, 0) is 46.6 Å². The summed E-state index contributed by atoms with van der Waals surface area (Å²) in [4.78, 5) is 32.4. The largest absolute Gasteiger partial charge is 0.361 e. The molecule has 3 aromatic heterocycles. The summed E-state index contributed by atoms with van der Waals surface area (Å²) in [7, 11) is 0. The second-order valence-corrected chi connectivity index (χ2v) is 7.10. The molecule has 3 aromatic rings. The molecular weight excluding hydrogens is 356 g/mol. The molecule has 4 heterocycles. The number of hydrogen-bond donors (Lipinski definition) is 0. The van der Waals surface area contributed by atoms with E-state index in [1.807, 2.05) is 31.7 Å². The van der Waals surface area contributed by atoms with Crippen molar-refractivity contribution in [3.63, 3.8) is 0 Å². The molecule has 8 heteroatoms. The molecule has 1 amide bonds. The standard InChI is InChI=1S/C20H22N6O2/c1-11-19(12(2)28-25-11)17-8-16(23-14(4)24-17)18-6-5-7-26(18)20(27)15-9-21-13(3)22-10-15/h8-10,18H,5-7H2,1-4H3/t18-/m0/s1. The second kappa shape index (κ2) is 7.10. The fraction of sp³-hybridized carbons (Fsp3) is 0.400. The van der Waals surface area contributed by atoms with Gasteiger partial charge in [-0.25, -0.2) is 19.9 Å². The van der Waals surface area contributed by atoms with Crippen LogP contribution in [0.15, 0.2) is 23.0 Å². The maximum Gasteiger partial charge on any atom is 0.257 e. The van der Waals surface area contributed by atoms with E-state index in [0.29, 0.717) is 23.8 Å². The molecule has 1 aliphatic heterocycles. The lowest BCUT2D eigenvalue weighted by Crippen LogP contribution is -2.31. The van der Waals surface area contributed by atoms with Crippen molar-refractivity contribution >= 4 is 5.91 Å². The van der Waals surface area contributed by atoms with Gasteiger partial charge in [-0.1, -0.05) is 5.16 Å². The lowest BCUT2D eigenvalue weighted by molar-refractivity contribution is 0.0731. The van der Waals surface area contributed by atoms with Crippen molar-refractivity contribution in [3.8, 4) is 11.3 Å². The minimum absolute atomic E-state index is 0.0716. The number of amides is 1. The Labute approximate surface area is 163 Å². The quantitative estimate of drug-likeness (QED) is 0.690. The number of hydrogen-bond acceptors (Lipinski definition) is 7. The molecule has 1 saturated heterocycles. The number of aryl methyl sites for hydroxylation is 4. The first-order valence-electron chi connectivity index (χ1n) is 9.32. The maximum absolute atomic E-state index is 13.0. The van der Waals surface area contributed by atoms with E-state index < -0.39 is 0 Å². The van der Waals surface area contributed by atoms with Gasteiger partial charge < -0.3 is 9.42 Å². The smallest absolute Gasteiger partial charge is 0.257 e. The summed E-state index contributed by atoms with van der Waals surface area (Å²) < 4.78 is 5.29. The molecule has 0 saturated carbocycles. The summed E-state index contributed by atoms with van der Waals surface area (Å²) in [6, 6.07) is 1.84. The number of nitrogens with zero attached hydrogens (tertiary/aromatic N) is 6. The van der Waals surface area contributed by atoms with Crippen LogP contribution >= 0.6 is 0 Å². The molecule has 0 aliphatic carbocycles. The summed E-state index contributed by atoms with van der Waals surface area (Å²) in [6.45, 7) is 8.11. The molecule has 0 N–H and O–H groups in total. The van der Waals surface area contributed by atoms with E-state index in [-0.39, 0.29) is 11.9 Å². The van der Waals surface area contributed by atoms with Crippen molar-refractivity contribution in [3.05, 3.63) is 52.8 Å². The maximum atomic E-state index is 13.0. The van der Waals surface area contributed by atoms with Gasteiger partial charge in [-0.3, -0.25) is 4.79 Å². The Bertz CT molecular complexity index is 1010. The third kappa shape index (κ3) is 3.26. The Morgan fingerprint density at radius 3 is 2.54 bits per heavy atom. The second-order valence-electron chi connectivity index (χ2n) is 7.10. The van der Waals surface area contributed by atoms with E-state index in [2.05, 4.69) is 25.1 Å². The molecule has 0 bridgehead atoms. The minimum atomic E-state index is -0.102. The van der Waals surface area contributed by atoms with E-state index in [0.717, 1.165) is 41.2 Å². The molecule has 28 heavy (non-hydrogen) atoms. The average Bonchev–Trinajstić information content (AvgIpc) is 3.28. The lowest BCUT2D eigenvalue weighted by Gasteiger charge is -2.24. The van der Waals surface area contributed by atoms with Crippen LogP contribution in [-0.4, -0.2) is 42.4 Å². The Morgan fingerprint density at radius 2 is 1.86 bits per heavy atom. The van der Waals surface area contributed by atoms with Gasteiger partial charge in [0.25, 0.3) is 5.91 Å². The molecule has 8 nitrogen and oxygen atoms in total. The van der Waals surface area contributed by atoms with E-state index in [4.69, 9.17) is 4.52 Å². The van der Waals surface area contributed by atoms with Gasteiger partial charge in [-0.15, -0.1) is 0 Å². The number of rotatable bonds is 3. The van der Waals surface area contributed by atoms with Gasteiger partial charge in [0.2, 0.25) is 0 Å². The Morgan fingerprint density at radius 1 is 1.11 bits per heavy atom. The summed E-state index contributed by atoms with van der Waals surface area (Å²) in [5, 5.41) is 4.03. The normalized spacial score (nSPS) is 16.6. The highest BCUT2D eigenvalue weighted by Crippen LogP contribution is 2.34. The van der Waals surface area contributed by atoms with Crippen molar-refractivity contribution in [2.75, 3.05) is 6.54 Å². The van der Waals surface area contributed by atoms with E-state index in [1.165, 1.54) is 0 Å². The molecule has 1 atom stereocenters. The Balaban J connectivity index is 1.70. The third-order valence-electron chi connectivity index (χ3n) is 5.03. The van der Waals surface area contributed by atoms with Crippen molar-refractivity contribution in [2.24, 2.45) is 0 Å². The van der Waals surface area contributed by atoms with Crippen molar-refractivity contribution < 1.29 is 9.32 Å². The van der Waals surface area contributed by atoms with Crippen molar-refractivity contribution in [2.45, 2.75) is 46.6 Å². The molecular formula is C20H22N6O2. The first kappa shape index (κ1) is 18.2. The van der Waals surface area contributed by atoms with Crippen molar-refractivity contribution in [1.82, 2.24) is 30.0 Å². The summed E-state index contributed by atoms with van der Waals surface area (Å²) in [5.41, 5.74) is 3.78. The van der Waals surface area contributed by atoms with Crippen LogP contribution < -0.4 is 0 Å². The molecule has 0 radical (unpaired) electrons. The van der Waals surface area contributed by atoms with Gasteiger partial charge in [0.05, 0.1) is 34.3 Å². The first-order chi connectivity index (χ1) is 13.4. The molecule has 4 rings (SSSR count). The number of likely N-dealkylation sites (tertiary alicyclic amines) is 1. The van der Waals surface area contributed by atoms with Crippen LogP contribution in [0, 0.1) is 27.7 Å². The van der Waals surface area contributed by atoms with E-state index >= 15 is 0 Å². The van der Waals surface area contributed by atoms with Crippen LogP contribution in [0.3, 0.4) is 0 Å². The van der Waals surface area contributed by atoms with E-state index in [9.17, 15) is 4.79 Å². The third-order valence-corrected chi connectivity index (χ3v) is 5.03. The molecule has 0 spiro atoms. The molecule has 1 fully saturated rings. The Hall–Kier alpha value is -3.16. The lowest BCUT2D eigenvalue weighted by atomic mass is 10.1. The molecule has 0 unspecified atom stereocenters. The van der Waals surface area contributed by atoms with Crippen LogP contribution in [0.1, 0.15) is 58.0 Å². The molecule has 144 valence electrons. The zero-order valence-corrected chi connectivity index (χ0v) is 16.4. The van der Waals surface area contributed by atoms with Crippen molar-refractivity contribution in [1.29, 1.82) is 0 Å². The number of aromatic nitrogens is 5. The fourth-order valence-corrected chi connectivity index (χ4v) is 3.72. The monoisotopic (exact) mass is 378 g/mol. The highest BCUT2D eigenvalue weighted by Gasteiger charge is 2.32.